The molecule has 2 N–H and O–H groups in total. The van der Waals surface area contributed by atoms with E-state index in [0.717, 1.165) is 10.9 Å². The van der Waals surface area contributed by atoms with Gasteiger partial charge in [0.05, 0.1) is 6.10 Å². The SMILES string of the molecule is Cn1cc([C@H](O)CNS(=O)(=O)c2cccnc2)c2ccccc21. The van der Waals surface area contributed by atoms with E-state index in [4.69, 9.17) is 0 Å². The van der Waals surface area contributed by atoms with Gasteiger partial charge in [0.15, 0.2) is 0 Å². The third-order valence-electron chi connectivity index (χ3n) is 3.70. The number of nitrogens with one attached hydrogen (secondary N) is 1. The highest BCUT2D eigenvalue weighted by atomic mass is 32.2. The number of rotatable bonds is 5. The summed E-state index contributed by atoms with van der Waals surface area (Å²) in [6, 6.07) is 10.7. The molecule has 0 bridgehead atoms. The number of aromatic nitrogens is 2. The summed E-state index contributed by atoms with van der Waals surface area (Å²) in [4.78, 5) is 3.87. The molecule has 0 aliphatic rings. The lowest BCUT2D eigenvalue weighted by Crippen LogP contribution is -2.28. The Morgan fingerprint density at radius 3 is 2.78 bits per heavy atom. The fraction of sp³-hybridized carbons (Fsp3) is 0.188. The molecule has 2 aromatic heterocycles. The van der Waals surface area contributed by atoms with Crippen LogP contribution in [-0.4, -0.2) is 29.6 Å². The highest BCUT2D eigenvalue weighted by molar-refractivity contribution is 7.89. The van der Waals surface area contributed by atoms with Crippen LogP contribution in [0, 0.1) is 0 Å². The summed E-state index contributed by atoms with van der Waals surface area (Å²) in [5, 5.41) is 11.3. The number of fused-ring (bicyclic) bond motifs is 1. The molecule has 0 aliphatic carbocycles. The van der Waals surface area contributed by atoms with Gasteiger partial charge < -0.3 is 9.67 Å². The number of para-hydroxylation sites is 1. The van der Waals surface area contributed by atoms with Crippen LogP contribution >= 0.6 is 0 Å². The predicted molar refractivity (Wildman–Crippen MR) is 87.3 cm³/mol. The molecule has 0 fully saturated rings. The van der Waals surface area contributed by atoms with Crippen molar-refractivity contribution in [2.45, 2.75) is 11.0 Å². The number of aryl methyl sites for hydroxylation is 1. The van der Waals surface area contributed by atoms with Crippen LogP contribution in [0.4, 0.5) is 0 Å². The third-order valence-corrected chi connectivity index (χ3v) is 5.11. The number of hydrogen-bond acceptors (Lipinski definition) is 4. The summed E-state index contributed by atoms with van der Waals surface area (Å²) in [7, 11) is -1.80. The molecule has 0 saturated carbocycles. The minimum Gasteiger partial charge on any atom is -0.387 e. The molecule has 6 nitrogen and oxygen atoms in total. The van der Waals surface area contributed by atoms with Crippen LogP contribution in [0.5, 0.6) is 0 Å². The first-order valence-electron chi connectivity index (χ1n) is 7.11. The highest BCUT2D eigenvalue weighted by Gasteiger charge is 2.19. The van der Waals surface area contributed by atoms with Gasteiger partial charge in [0.25, 0.3) is 0 Å². The van der Waals surface area contributed by atoms with E-state index in [0.29, 0.717) is 5.56 Å². The van der Waals surface area contributed by atoms with E-state index in [-0.39, 0.29) is 11.4 Å². The molecule has 7 heteroatoms. The second-order valence-electron chi connectivity index (χ2n) is 5.27. The number of aliphatic hydroxyl groups is 1. The molecule has 0 amide bonds. The van der Waals surface area contributed by atoms with Crippen molar-refractivity contribution < 1.29 is 13.5 Å². The fourth-order valence-corrected chi connectivity index (χ4v) is 3.53. The third kappa shape index (κ3) is 3.12. The van der Waals surface area contributed by atoms with Crippen molar-refractivity contribution in [2.75, 3.05) is 6.54 Å². The Labute approximate surface area is 134 Å². The molecule has 1 aromatic carbocycles. The molecule has 3 rings (SSSR count). The van der Waals surface area contributed by atoms with Crippen molar-refractivity contribution in [3.05, 3.63) is 60.6 Å². The Balaban J connectivity index is 1.81. The first-order chi connectivity index (χ1) is 11.0. The van der Waals surface area contributed by atoms with Crippen LogP contribution in [0.15, 0.2) is 59.9 Å². The van der Waals surface area contributed by atoms with Crippen LogP contribution < -0.4 is 4.72 Å². The average Bonchev–Trinajstić information content (AvgIpc) is 2.91. The maximum Gasteiger partial charge on any atom is 0.242 e. The van der Waals surface area contributed by atoms with Gasteiger partial charge in [-0.05, 0) is 18.2 Å². The highest BCUT2D eigenvalue weighted by Crippen LogP contribution is 2.25. The topological polar surface area (TPSA) is 84.2 Å². The number of nitrogens with zero attached hydrogens (tertiary/aromatic N) is 2. The van der Waals surface area contributed by atoms with Crippen molar-refractivity contribution in [2.24, 2.45) is 7.05 Å². The van der Waals surface area contributed by atoms with Crippen LogP contribution in [0.3, 0.4) is 0 Å². The second-order valence-corrected chi connectivity index (χ2v) is 7.04. The van der Waals surface area contributed by atoms with Crippen molar-refractivity contribution in [3.63, 3.8) is 0 Å². The van der Waals surface area contributed by atoms with E-state index >= 15 is 0 Å². The van der Waals surface area contributed by atoms with Gasteiger partial charge in [0.2, 0.25) is 10.0 Å². The minimum atomic E-state index is -3.69. The summed E-state index contributed by atoms with van der Waals surface area (Å²) in [5.41, 5.74) is 1.67. The summed E-state index contributed by atoms with van der Waals surface area (Å²) in [6.07, 6.45) is 3.65. The zero-order chi connectivity index (χ0) is 16.4. The molecule has 120 valence electrons. The van der Waals surface area contributed by atoms with E-state index in [9.17, 15) is 13.5 Å². The second kappa shape index (κ2) is 6.11. The Morgan fingerprint density at radius 2 is 2.04 bits per heavy atom. The van der Waals surface area contributed by atoms with Gasteiger partial charge >= 0.3 is 0 Å². The number of sulfonamides is 1. The largest absolute Gasteiger partial charge is 0.387 e. The maximum absolute atomic E-state index is 12.2. The molecule has 0 radical (unpaired) electrons. The molecule has 0 aliphatic heterocycles. The van der Waals surface area contributed by atoms with E-state index in [1.807, 2.05) is 42.1 Å². The molecule has 23 heavy (non-hydrogen) atoms. The zero-order valence-electron chi connectivity index (χ0n) is 12.5. The Morgan fingerprint density at radius 1 is 1.26 bits per heavy atom. The van der Waals surface area contributed by atoms with E-state index < -0.39 is 16.1 Å². The number of hydrogen-bond donors (Lipinski definition) is 2. The molecule has 0 unspecified atom stereocenters. The van der Waals surface area contributed by atoms with E-state index in [2.05, 4.69) is 9.71 Å². The van der Waals surface area contributed by atoms with Crippen molar-refractivity contribution in [1.29, 1.82) is 0 Å². The summed E-state index contributed by atoms with van der Waals surface area (Å²) < 4.78 is 28.7. The normalized spacial score (nSPS) is 13.3. The molecule has 1 atom stereocenters. The van der Waals surface area contributed by atoms with Crippen LogP contribution in [0.2, 0.25) is 0 Å². The first kappa shape index (κ1) is 15.7. The summed E-state index contributed by atoms with van der Waals surface area (Å²) in [5.74, 6) is 0. The first-order valence-corrected chi connectivity index (χ1v) is 8.59. The molecular weight excluding hydrogens is 314 g/mol. The van der Waals surface area contributed by atoms with Gasteiger partial charge in [-0.3, -0.25) is 4.98 Å². The predicted octanol–water partition coefficient (Wildman–Crippen LogP) is 1.59. The van der Waals surface area contributed by atoms with E-state index in [1.165, 1.54) is 18.5 Å². The lowest BCUT2D eigenvalue weighted by molar-refractivity contribution is 0.183. The van der Waals surface area contributed by atoms with Gasteiger partial charge in [-0.1, -0.05) is 18.2 Å². The summed E-state index contributed by atoms with van der Waals surface area (Å²) >= 11 is 0. The Kier molecular flexibility index (Phi) is 4.16. The average molecular weight is 331 g/mol. The lowest BCUT2D eigenvalue weighted by atomic mass is 10.1. The standard InChI is InChI=1S/C16H17N3O3S/c1-19-11-14(13-6-2-3-7-15(13)19)16(20)10-18-23(21,22)12-5-4-8-17-9-12/h2-9,11,16,18,20H,10H2,1H3/t16-/m1/s1. The van der Waals surface area contributed by atoms with Crippen molar-refractivity contribution in [1.82, 2.24) is 14.3 Å². The van der Waals surface area contributed by atoms with Gasteiger partial charge in [-0.25, -0.2) is 13.1 Å². The Bertz CT molecular complexity index is 920. The number of pyridine rings is 1. The van der Waals surface area contributed by atoms with Gasteiger partial charge in [0.1, 0.15) is 4.90 Å². The molecule has 2 heterocycles. The van der Waals surface area contributed by atoms with Gasteiger partial charge in [0, 0.05) is 48.6 Å². The zero-order valence-corrected chi connectivity index (χ0v) is 13.4. The van der Waals surface area contributed by atoms with Gasteiger partial charge in [-0.15, -0.1) is 0 Å². The van der Waals surface area contributed by atoms with Crippen LogP contribution in [0.1, 0.15) is 11.7 Å². The number of aliphatic hydroxyl groups excluding tert-OH is 1. The minimum absolute atomic E-state index is 0.0742. The van der Waals surface area contributed by atoms with E-state index in [1.54, 1.807) is 6.07 Å². The quantitative estimate of drug-likeness (QED) is 0.743. The maximum atomic E-state index is 12.2. The molecule has 0 saturated heterocycles. The van der Waals surface area contributed by atoms with Gasteiger partial charge in [-0.2, -0.15) is 0 Å². The fourth-order valence-electron chi connectivity index (χ4n) is 2.53. The summed E-state index contributed by atoms with van der Waals surface area (Å²) in [6.45, 7) is -0.106. The molecule has 3 aromatic rings. The molecular formula is C16H17N3O3S. The van der Waals surface area contributed by atoms with Crippen molar-refractivity contribution in [3.8, 4) is 0 Å². The van der Waals surface area contributed by atoms with Crippen LogP contribution in [-0.2, 0) is 17.1 Å². The van der Waals surface area contributed by atoms with Crippen LogP contribution in [0.25, 0.3) is 10.9 Å². The molecule has 0 spiro atoms. The lowest BCUT2D eigenvalue weighted by Gasteiger charge is -2.11. The number of benzene rings is 1. The monoisotopic (exact) mass is 331 g/mol. The van der Waals surface area contributed by atoms with Crippen molar-refractivity contribution >= 4 is 20.9 Å². The smallest absolute Gasteiger partial charge is 0.242 e. The Hall–Kier alpha value is -2.22.